The molecule has 0 atom stereocenters. The predicted molar refractivity (Wildman–Crippen MR) is 85.9 cm³/mol. The molecular formula is C15H20N4O2. The van der Waals surface area contributed by atoms with Crippen LogP contribution in [0.4, 0.5) is 22.7 Å². The number of nitrogens with two attached hydrogens (primary N) is 4. The van der Waals surface area contributed by atoms with Crippen LogP contribution in [-0.4, -0.2) is 6.29 Å². The topological polar surface area (TPSA) is 123 Å². The van der Waals surface area contributed by atoms with Crippen LogP contribution >= 0.6 is 0 Å². The second kappa shape index (κ2) is 6.13. The first-order valence-electron chi connectivity index (χ1n) is 6.63. The second-order valence-corrected chi connectivity index (χ2v) is 4.67. The summed E-state index contributed by atoms with van der Waals surface area (Å²) >= 11 is 0. The van der Waals surface area contributed by atoms with Gasteiger partial charge in [-0.15, -0.1) is 0 Å². The fourth-order valence-electron chi connectivity index (χ4n) is 1.82. The van der Waals surface area contributed by atoms with E-state index < -0.39 is 6.29 Å². The van der Waals surface area contributed by atoms with Gasteiger partial charge in [-0.25, -0.2) is 0 Å². The summed E-state index contributed by atoms with van der Waals surface area (Å²) in [7, 11) is 0. The molecule has 8 N–H and O–H groups in total. The minimum absolute atomic E-state index is 0.460. The average Bonchev–Trinajstić information content (AvgIpc) is 2.43. The van der Waals surface area contributed by atoms with E-state index in [1.807, 2.05) is 6.92 Å². The quantitative estimate of drug-likeness (QED) is 0.494. The highest BCUT2D eigenvalue weighted by Crippen LogP contribution is 2.28. The molecular weight excluding hydrogens is 268 g/mol. The highest BCUT2D eigenvalue weighted by molar-refractivity contribution is 5.61. The Labute approximate surface area is 123 Å². The Bertz CT molecular complexity index is 578. The first kappa shape index (κ1) is 14.6. The minimum Gasteiger partial charge on any atom is -0.453 e. The Morgan fingerprint density at radius 3 is 1.57 bits per heavy atom. The van der Waals surface area contributed by atoms with Crippen molar-refractivity contribution in [2.45, 2.75) is 19.6 Å². The molecule has 2 rings (SSSR count). The van der Waals surface area contributed by atoms with Gasteiger partial charge >= 0.3 is 0 Å². The Morgan fingerprint density at radius 2 is 1.24 bits per heavy atom. The third kappa shape index (κ3) is 3.62. The van der Waals surface area contributed by atoms with Gasteiger partial charge in [-0.1, -0.05) is 6.92 Å². The lowest BCUT2D eigenvalue weighted by Crippen LogP contribution is -2.23. The standard InChI is InChI=1S/C15H20N4O2/c1-2-15(20-13-5-3-9(16)7-11(13)18)21-14-6-4-10(17)8-12(14)19/h3-8,15H,2,16-19H2,1H3. The summed E-state index contributed by atoms with van der Waals surface area (Å²) in [6.07, 6.45) is 0.107. The Balaban J connectivity index is 2.13. The van der Waals surface area contributed by atoms with E-state index in [1.54, 1.807) is 36.4 Å². The third-order valence-corrected chi connectivity index (χ3v) is 2.92. The second-order valence-electron chi connectivity index (χ2n) is 4.67. The lowest BCUT2D eigenvalue weighted by molar-refractivity contribution is 0.00447. The summed E-state index contributed by atoms with van der Waals surface area (Å²) in [6.45, 7) is 1.94. The van der Waals surface area contributed by atoms with Crippen molar-refractivity contribution >= 4 is 22.7 Å². The van der Waals surface area contributed by atoms with Crippen LogP contribution in [0.3, 0.4) is 0 Å². The first-order valence-corrected chi connectivity index (χ1v) is 6.63. The molecule has 0 saturated heterocycles. The van der Waals surface area contributed by atoms with Crippen LogP contribution in [0.1, 0.15) is 13.3 Å². The molecule has 0 unspecified atom stereocenters. The predicted octanol–water partition coefficient (Wildman–Crippen LogP) is 2.21. The van der Waals surface area contributed by atoms with E-state index in [4.69, 9.17) is 32.4 Å². The van der Waals surface area contributed by atoms with Crippen molar-refractivity contribution < 1.29 is 9.47 Å². The van der Waals surface area contributed by atoms with Gasteiger partial charge in [-0.3, -0.25) is 0 Å². The van der Waals surface area contributed by atoms with E-state index in [0.717, 1.165) is 0 Å². The van der Waals surface area contributed by atoms with E-state index in [2.05, 4.69) is 0 Å². The number of benzene rings is 2. The maximum Gasteiger partial charge on any atom is 0.241 e. The maximum atomic E-state index is 5.87. The van der Waals surface area contributed by atoms with Gasteiger partial charge in [0.05, 0.1) is 11.4 Å². The molecule has 0 saturated carbocycles. The lowest BCUT2D eigenvalue weighted by atomic mass is 10.2. The smallest absolute Gasteiger partial charge is 0.241 e. The molecule has 0 amide bonds. The number of hydrogen-bond acceptors (Lipinski definition) is 6. The number of rotatable bonds is 5. The first-order chi connectivity index (χ1) is 9.99. The van der Waals surface area contributed by atoms with Crippen molar-refractivity contribution in [1.82, 2.24) is 0 Å². The van der Waals surface area contributed by atoms with Crippen molar-refractivity contribution in [3.05, 3.63) is 36.4 Å². The molecule has 0 heterocycles. The van der Waals surface area contributed by atoms with E-state index in [-0.39, 0.29) is 0 Å². The van der Waals surface area contributed by atoms with Gasteiger partial charge in [0.2, 0.25) is 6.29 Å². The molecule has 21 heavy (non-hydrogen) atoms. The van der Waals surface area contributed by atoms with Crippen LogP contribution in [0.15, 0.2) is 36.4 Å². The fraction of sp³-hybridized carbons (Fsp3) is 0.200. The monoisotopic (exact) mass is 288 g/mol. The summed E-state index contributed by atoms with van der Waals surface area (Å²) in [5.74, 6) is 1.04. The highest BCUT2D eigenvalue weighted by Gasteiger charge is 2.13. The molecule has 0 aromatic heterocycles. The van der Waals surface area contributed by atoms with Crippen LogP contribution in [0.5, 0.6) is 11.5 Å². The third-order valence-electron chi connectivity index (χ3n) is 2.92. The van der Waals surface area contributed by atoms with Crippen LogP contribution in [0, 0.1) is 0 Å². The highest BCUT2D eigenvalue weighted by atomic mass is 16.7. The van der Waals surface area contributed by atoms with Gasteiger partial charge < -0.3 is 32.4 Å². The zero-order valence-electron chi connectivity index (χ0n) is 11.9. The van der Waals surface area contributed by atoms with Crippen molar-refractivity contribution in [1.29, 1.82) is 0 Å². The summed E-state index contributed by atoms with van der Waals surface area (Å²) in [5.41, 5.74) is 25.1. The molecule has 0 spiro atoms. The van der Waals surface area contributed by atoms with Crippen molar-refractivity contribution in [2.75, 3.05) is 22.9 Å². The molecule has 112 valence electrons. The molecule has 0 aliphatic rings. The zero-order valence-corrected chi connectivity index (χ0v) is 11.9. The largest absolute Gasteiger partial charge is 0.453 e. The van der Waals surface area contributed by atoms with Gasteiger partial charge in [-0.05, 0) is 36.4 Å². The molecule has 6 heteroatoms. The van der Waals surface area contributed by atoms with E-state index >= 15 is 0 Å². The molecule has 0 bridgehead atoms. The lowest BCUT2D eigenvalue weighted by Gasteiger charge is -2.21. The van der Waals surface area contributed by atoms with Crippen molar-refractivity contribution in [3.8, 4) is 11.5 Å². The summed E-state index contributed by atoms with van der Waals surface area (Å²) in [4.78, 5) is 0. The Kier molecular flexibility index (Phi) is 4.27. The van der Waals surface area contributed by atoms with Crippen LogP contribution in [0.2, 0.25) is 0 Å². The van der Waals surface area contributed by atoms with Gasteiger partial charge in [0.1, 0.15) is 11.5 Å². The zero-order chi connectivity index (χ0) is 15.4. The summed E-state index contributed by atoms with van der Waals surface area (Å²) < 4.78 is 11.5. The Morgan fingerprint density at radius 1 is 0.810 bits per heavy atom. The number of hydrogen-bond donors (Lipinski definition) is 4. The maximum absolute atomic E-state index is 5.87. The Hall–Kier alpha value is -2.76. The van der Waals surface area contributed by atoms with Crippen LogP contribution in [0.25, 0.3) is 0 Å². The minimum atomic E-state index is -0.512. The summed E-state index contributed by atoms with van der Waals surface area (Å²) in [6, 6.07) is 10.1. The van der Waals surface area contributed by atoms with Gasteiger partial charge in [0.15, 0.2) is 0 Å². The SMILES string of the molecule is CCC(Oc1ccc(N)cc1N)Oc1ccc(N)cc1N. The molecule has 6 nitrogen and oxygen atoms in total. The number of nitrogen functional groups attached to an aromatic ring is 4. The van der Waals surface area contributed by atoms with E-state index in [9.17, 15) is 0 Å². The fourth-order valence-corrected chi connectivity index (χ4v) is 1.82. The van der Waals surface area contributed by atoms with Crippen LogP contribution < -0.4 is 32.4 Å². The van der Waals surface area contributed by atoms with Crippen molar-refractivity contribution in [3.63, 3.8) is 0 Å². The normalized spacial score (nSPS) is 10.6. The van der Waals surface area contributed by atoms with Gasteiger partial charge in [0, 0.05) is 17.8 Å². The molecule has 0 radical (unpaired) electrons. The van der Waals surface area contributed by atoms with Crippen molar-refractivity contribution in [2.24, 2.45) is 0 Å². The number of ether oxygens (including phenoxy) is 2. The van der Waals surface area contributed by atoms with Gasteiger partial charge in [-0.2, -0.15) is 0 Å². The number of anilines is 4. The van der Waals surface area contributed by atoms with E-state index in [1.165, 1.54) is 0 Å². The van der Waals surface area contributed by atoms with E-state index in [0.29, 0.717) is 40.7 Å². The van der Waals surface area contributed by atoms with Crippen LogP contribution in [-0.2, 0) is 0 Å². The summed E-state index contributed by atoms with van der Waals surface area (Å²) in [5, 5.41) is 0. The molecule has 0 aliphatic carbocycles. The molecule has 0 fully saturated rings. The molecule has 2 aromatic rings. The van der Waals surface area contributed by atoms with Gasteiger partial charge in [0.25, 0.3) is 0 Å². The molecule has 0 aliphatic heterocycles. The molecule has 2 aromatic carbocycles. The average molecular weight is 288 g/mol.